The first-order valence-corrected chi connectivity index (χ1v) is 8.24. The fourth-order valence-corrected chi connectivity index (χ4v) is 2.49. The Hall–Kier alpha value is -2.64. The molecule has 2 rings (SSSR count). The largest absolute Gasteiger partial charge is 0.452 e. The van der Waals surface area contributed by atoms with Gasteiger partial charge in [-0.1, -0.05) is 35.3 Å². The van der Waals surface area contributed by atoms with Gasteiger partial charge >= 0.3 is 5.97 Å². The fraction of sp³-hybridized carbons (Fsp3) is 0.176. The highest BCUT2D eigenvalue weighted by Crippen LogP contribution is 2.22. The van der Waals surface area contributed by atoms with Crippen molar-refractivity contribution in [1.82, 2.24) is 5.32 Å². The third kappa shape index (κ3) is 5.72. The third-order valence-electron chi connectivity index (χ3n) is 3.34. The summed E-state index contributed by atoms with van der Waals surface area (Å²) >= 11 is 11.7. The van der Waals surface area contributed by atoms with Gasteiger partial charge in [-0.15, -0.1) is 0 Å². The Morgan fingerprint density at radius 2 is 1.92 bits per heavy atom. The number of benzene rings is 2. The highest BCUT2D eigenvalue weighted by atomic mass is 35.5. The number of nitro benzene ring substituents is 1. The first kappa shape index (κ1) is 19.7. The molecule has 26 heavy (non-hydrogen) atoms. The van der Waals surface area contributed by atoms with Crippen LogP contribution < -0.4 is 5.32 Å². The van der Waals surface area contributed by atoms with Gasteiger partial charge in [0.1, 0.15) is 0 Å². The molecule has 0 fully saturated rings. The summed E-state index contributed by atoms with van der Waals surface area (Å²) in [6.07, 6.45) is 0.566. The van der Waals surface area contributed by atoms with Gasteiger partial charge < -0.3 is 10.1 Å². The van der Waals surface area contributed by atoms with Crippen LogP contribution >= 0.6 is 23.2 Å². The summed E-state index contributed by atoms with van der Waals surface area (Å²) in [5.74, 6) is -1.41. The highest BCUT2D eigenvalue weighted by molar-refractivity contribution is 6.33. The maximum atomic E-state index is 12.0. The molecule has 9 heteroatoms. The van der Waals surface area contributed by atoms with E-state index in [2.05, 4.69) is 5.32 Å². The van der Waals surface area contributed by atoms with Gasteiger partial charge in [0.15, 0.2) is 6.61 Å². The summed E-state index contributed by atoms with van der Waals surface area (Å²) in [5, 5.41) is 14.0. The molecule has 1 N–H and O–H groups in total. The third-order valence-corrected chi connectivity index (χ3v) is 3.90. The van der Waals surface area contributed by atoms with E-state index in [1.165, 1.54) is 12.1 Å². The van der Waals surface area contributed by atoms with Gasteiger partial charge in [0, 0.05) is 23.7 Å². The minimum Gasteiger partial charge on any atom is -0.452 e. The van der Waals surface area contributed by atoms with Crippen molar-refractivity contribution < 1.29 is 19.2 Å². The van der Waals surface area contributed by atoms with Crippen molar-refractivity contribution in [3.63, 3.8) is 0 Å². The number of carbonyl (C=O) groups excluding carboxylic acids is 2. The zero-order valence-corrected chi connectivity index (χ0v) is 14.9. The Kier molecular flexibility index (Phi) is 6.94. The molecular weight excluding hydrogens is 383 g/mol. The topological polar surface area (TPSA) is 98.5 Å². The summed E-state index contributed by atoms with van der Waals surface area (Å²) < 4.78 is 4.85. The number of nitrogens with zero attached hydrogens (tertiary/aromatic N) is 1. The van der Waals surface area contributed by atoms with Crippen molar-refractivity contribution >= 4 is 40.8 Å². The number of halogens is 2. The number of rotatable bonds is 7. The van der Waals surface area contributed by atoms with Gasteiger partial charge in [-0.2, -0.15) is 0 Å². The van der Waals surface area contributed by atoms with Gasteiger partial charge in [-0.3, -0.25) is 14.9 Å². The van der Waals surface area contributed by atoms with Gasteiger partial charge in [0.2, 0.25) is 0 Å². The Balaban J connectivity index is 1.82. The van der Waals surface area contributed by atoms with Gasteiger partial charge in [0.05, 0.1) is 15.5 Å². The van der Waals surface area contributed by atoms with Crippen LogP contribution in [0.3, 0.4) is 0 Å². The SMILES string of the molecule is O=C(COC(=O)c1cc([N+](=O)[O-])ccc1Cl)NCCc1cccc(Cl)c1. The molecule has 0 aliphatic rings. The number of amides is 1. The van der Waals surface area contributed by atoms with Crippen molar-refractivity contribution in [3.8, 4) is 0 Å². The molecule has 2 aromatic carbocycles. The molecule has 0 atom stereocenters. The van der Waals surface area contributed by atoms with E-state index >= 15 is 0 Å². The minimum atomic E-state index is -0.913. The number of non-ortho nitro benzene ring substituents is 1. The van der Waals surface area contributed by atoms with Crippen LogP contribution in [0.25, 0.3) is 0 Å². The standard InChI is InChI=1S/C17H14Cl2N2O5/c18-12-3-1-2-11(8-12)6-7-20-16(22)10-26-17(23)14-9-13(21(24)25)4-5-15(14)19/h1-5,8-9H,6-7,10H2,(H,20,22). The predicted octanol–water partition coefficient (Wildman–Crippen LogP) is 3.42. The van der Waals surface area contributed by atoms with E-state index in [-0.39, 0.29) is 16.3 Å². The first-order chi connectivity index (χ1) is 12.4. The van der Waals surface area contributed by atoms with Crippen LogP contribution in [0.15, 0.2) is 42.5 Å². The average molecular weight is 397 g/mol. The van der Waals surface area contributed by atoms with Gasteiger partial charge in [-0.25, -0.2) is 4.79 Å². The lowest BCUT2D eigenvalue weighted by molar-refractivity contribution is -0.384. The van der Waals surface area contributed by atoms with Crippen LogP contribution in [-0.2, 0) is 16.0 Å². The van der Waals surface area contributed by atoms with Crippen molar-refractivity contribution in [3.05, 3.63) is 73.8 Å². The van der Waals surface area contributed by atoms with Crippen LogP contribution in [0, 0.1) is 10.1 Å². The number of carbonyl (C=O) groups is 2. The molecule has 0 radical (unpaired) electrons. The Labute approximate surface area is 159 Å². The maximum Gasteiger partial charge on any atom is 0.340 e. The first-order valence-electron chi connectivity index (χ1n) is 7.49. The number of hydrogen-bond acceptors (Lipinski definition) is 5. The molecule has 0 aliphatic carbocycles. The quantitative estimate of drug-likeness (QED) is 0.439. The highest BCUT2D eigenvalue weighted by Gasteiger charge is 2.18. The van der Waals surface area contributed by atoms with E-state index in [1.807, 2.05) is 12.1 Å². The van der Waals surface area contributed by atoms with E-state index in [0.717, 1.165) is 11.6 Å². The van der Waals surface area contributed by atoms with Crippen molar-refractivity contribution in [2.45, 2.75) is 6.42 Å². The molecule has 0 bridgehead atoms. The van der Waals surface area contributed by atoms with E-state index in [4.69, 9.17) is 27.9 Å². The molecule has 0 unspecified atom stereocenters. The molecule has 0 saturated heterocycles. The zero-order chi connectivity index (χ0) is 19.1. The molecule has 2 aromatic rings. The lowest BCUT2D eigenvalue weighted by Crippen LogP contribution is -2.30. The van der Waals surface area contributed by atoms with Crippen LogP contribution in [-0.4, -0.2) is 30.0 Å². The molecule has 0 aromatic heterocycles. The molecule has 0 heterocycles. The van der Waals surface area contributed by atoms with Gasteiger partial charge in [-0.05, 0) is 30.2 Å². The van der Waals surface area contributed by atoms with Crippen molar-refractivity contribution in [1.29, 1.82) is 0 Å². The minimum absolute atomic E-state index is 0.00182. The monoisotopic (exact) mass is 396 g/mol. The summed E-state index contributed by atoms with van der Waals surface area (Å²) in [4.78, 5) is 33.8. The molecule has 136 valence electrons. The van der Waals surface area contributed by atoms with E-state index in [9.17, 15) is 19.7 Å². The molecule has 1 amide bonds. The second-order valence-corrected chi connectivity index (χ2v) is 6.07. The average Bonchev–Trinajstić information content (AvgIpc) is 2.60. The van der Waals surface area contributed by atoms with Crippen LogP contribution in [0.2, 0.25) is 10.0 Å². The summed E-state index contributed by atoms with van der Waals surface area (Å²) in [5.41, 5.74) is 0.484. The fourth-order valence-electron chi connectivity index (χ4n) is 2.08. The Bertz CT molecular complexity index is 842. The van der Waals surface area contributed by atoms with Crippen molar-refractivity contribution in [2.24, 2.45) is 0 Å². The predicted molar refractivity (Wildman–Crippen MR) is 96.6 cm³/mol. The van der Waals surface area contributed by atoms with Gasteiger partial charge in [0.25, 0.3) is 11.6 Å². The number of hydrogen-bond donors (Lipinski definition) is 1. The number of nitro groups is 1. The number of esters is 1. The molecular formula is C17H14Cl2N2O5. The number of ether oxygens (including phenoxy) is 1. The molecule has 0 spiro atoms. The maximum absolute atomic E-state index is 12.0. The lowest BCUT2D eigenvalue weighted by Gasteiger charge is -2.08. The van der Waals surface area contributed by atoms with Crippen LogP contribution in [0.4, 0.5) is 5.69 Å². The smallest absolute Gasteiger partial charge is 0.340 e. The lowest BCUT2D eigenvalue weighted by atomic mass is 10.1. The second kappa shape index (κ2) is 9.17. The molecule has 7 nitrogen and oxygen atoms in total. The van der Waals surface area contributed by atoms with E-state index < -0.39 is 23.4 Å². The van der Waals surface area contributed by atoms with Crippen LogP contribution in [0.5, 0.6) is 0 Å². The molecule has 0 saturated carbocycles. The van der Waals surface area contributed by atoms with Crippen molar-refractivity contribution in [2.75, 3.05) is 13.2 Å². The Morgan fingerprint density at radius 3 is 2.62 bits per heavy atom. The zero-order valence-electron chi connectivity index (χ0n) is 13.4. The Morgan fingerprint density at radius 1 is 1.15 bits per heavy atom. The summed E-state index contributed by atoms with van der Waals surface area (Å²) in [6, 6.07) is 10.6. The number of nitrogens with one attached hydrogen (secondary N) is 1. The normalized spacial score (nSPS) is 10.2. The molecule has 0 aliphatic heterocycles. The van der Waals surface area contributed by atoms with E-state index in [1.54, 1.807) is 12.1 Å². The van der Waals surface area contributed by atoms with Crippen LogP contribution in [0.1, 0.15) is 15.9 Å². The summed E-state index contributed by atoms with van der Waals surface area (Å²) in [6.45, 7) is -0.179. The second-order valence-electron chi connectivity index (χ2n) is 5.23. The summed E-state index contributed by atoms with van der Waals surface area (Å²) in [7, 11) is 0. The van der Waals surface area contributed by atoms with E-state index in [0.29, 0.717) is 18.0 Å².